The third-order valence-corrected chi connectivity index (χ3v) is 4.36. The van der Waals surface area contributed by atoms with Crippen LogP contribution < -0.4 is 10.1 Å². The third kappa shape index (κ3) is 3.52. The summed E-state index contributed by atoms with van der Waals surface area (Å²) < 4.78 is 7.32. The minimum Gasteiger partial charge on any atom is -0.481 e. The summed E-state index contributed by atoms with van der Waals surface area (Å²) in [5.41, 5.74) is 3.20. The van der Waals surface area contributed by atoms with Crippen molar-refractivity contribution in [2.75, 3.05) is 5.32 Å². The summed E-state index contributed by atoms with van der Waals surface area (Å²) in [6, 6.07) is 14.9. The maximum absolute atomic E-state index is 12.7. The predicted octanol–water partition coefficient (Wildman–Crippen LogP) is 2.92. The van der Waals surface area contributed by atoms with Gasteiger partial charge in [0.15, 0.2) is 6.10 Å². The normalized spacial score (nSPS) is 11.9. The Morgan fingerprint density at radius 2 is 1.96 bits per heavy atom. The second kappa shape index (κ2) is 7.43. The second-order valence-electron chi connectivity index (χ2n) is 6.33. The Labute approximate surface area is 161 Å². The molecule has 4 aromatic rings. The minimum atomic E-state index is -0.683. The highest BCUT2D eigenvalue weighted by Gasteiger charge is 2.17. The Balaban J connectivity index is 1.48. The van der Waals surface area contributed by atoms with E-state index in [4.69, 9.17) is 4.74 Å². The van der Waals surface area contributed by atoms with Gasteiger partial charge in [-0.2, -0.15) is 0 Å². The van der Waals surface area contributed by atoms with Gasteiger partial charge in [0.05, 0.1) is 16.9 Å². The largest absolute Gasteiger partial charge is 0.481 e. The molecule has 0 aliphatic carbocycles. The number of hydrogen-bond acceptors (Lipinski definition) is 6. The number of ether oxygens (including phenoxy) is 1. The van der Waals surface area contributed by atoms with Crippen LogP contribution >= 0.6 is 0 Å². The number of anilines is 1. The molecule has 0 unspecified atom stereocenters. The van der Waals surface area contributed by atoms with Crippen LogP contribution in [0.25, 0.3) is 16.6 Å². The zero-order valence-electron chi connectivity index (χ0n) is 15.4. The Kier molecular flexibility index (Phi) is 4.67. The van der Waals surface area contributed by atoms with Gasteiger partial charge in [-0.05, 0) is 60.2 Å². The first-order chi connectivity index (χ1) is 13.6. The molecular formula is C20H18N6O2. The standard InChI is InChI=1S/C20H18N6O2/c1-13-5-6-15-4-3-11-21-19(15)18(13)23-20(27)14(2)28-17-9-7-16(8-10-17)26-12-22-24-25-26/h3-12,14H,1-2H3,(H,23,27)/t14-/m0/s1. The van der Waals surface area contributed by atoms with Crippen LogP contribution in [0, 0.1) is 6.92 Å². The summed E-state index contributed by atoms with van der Waals surface area (Å²) >= 11 is 0. The number of fused-ring (bicyclic) bond motifs is 1. The van der Waals surface area contributed by atoms with Gasteiger partial charge >= 0.3 is 0 Å². The van der Waals surface area contributed by atoms with Crippen molar-refractivity contribution < 1.29 is 9.53 Å². The number of tetrazole rings is 1. The number of benzene rings is 2. The van der Waals surface area contributed by atoms with E-state index in [-0.39, 0.29) is 5.91 Å². The summed E-state index contributed by atoms with van der Waals surface area (Å²) in [4.78, 5) is 17.1. The van der Waals surface area contributed by atoms with Gasteiger partial charge < -0.3 is 10.1 Å². The average Bonchev–Trinajstić information content (AvgIpc) is 3.25. The summed E-state index contributed by atoms with van der Waals surface area (Å²) in [6.07, 6.45) is 2.54. The highest BCUT2D eigenvalue weighted by atomic mass is 16.5. The van der Waals surface area contributed by atoms with Crippen molar-refractivity contribution in [1.29, 1.82) is 0 Å². The first-order valence-corrected chi connectivity index (χ1v) is 8.77. The molecule has 0 saturated heterocycles. The van der Waals surface area contributed by atoms with Gasteiger partial charge in [-0.3, -0.25) is 9.78 Å². The first-order valence-electron chi connectivity index (χ1n) is 8.77. The smallest absolute Gasteiger partial charge is 0.265 e. The van der Waals surface area contributed by atoms with Gasteiger partial charge in [0.2, 0.25) is 0 Å². The SMILES string of the molecule is Cc1ccc2cccnc2c1NC(=O)[C@H](C)Oc1ccc(-n2cnnn2)cc1. The van der Waals surface area contributed by atoms with E-state index in [1.165, 1.54) is 11.0 Å². The number of nitrogens with one attached hydrogen (secondary N) is 1. The molecule has 2 heterocycles. The Morgan fingerprint density at radius 3 is 2.71 bits per heavy atom. The van der Waals surface area contributed by atoms with Crippen molar-refractivity contribution >= 4 is 22.5 Å². The van der Waals surface area contributed by atoms with Crippen molar-refractivity contribution in [1.82, 2.24) is 25.2 Å². The molecule has 4 rings (SSSR count). The lowest BCUT2D eigenvalue weighted by Crippen LogP contribution is -2.30. The second-order valence-corrected chi connectivity index (χ2v) is 6.33. The molecule has 0 bridgehead atoms. The van der Waals surface area contributed by atoms with E-state index in [0.29, 0.717) is 11.4 Å². The predicted molar refractivity (Wildman–Crippen MR) is 104 cm³/mol. The van der Waals surface area contributed by atoms with Gasteiger partial charge in [-0.1, -0.05) is 18.2 Å². The van der Waals surface area contributed by atoms with Crippen molar-refractivity contribution in [2.24, 2.45) is 0 Å². The van der Waals surface area contributed by atoms with E-state index in [9.17, 15) is 4.79 Å². The Bertz CT molecular complexity index is 1110. The number of nitrogens with zero attached hydrogens (tertiary/aromatic N) is 5. The maximum atomic E-state index is 12.7. The fourth-order valence-corrected chi connectivity index (χ4v) is 2.84. The van der Waals surface area contributed by atoms with E-state index in [0.717, 1.165) is 22.2 Å². The molecule has 28 heavy (non-hydrogen) atoms. The van der Waals surface area contributed by atoms with Gasteiger partial charge in [-0.15, -0.1) is 5.10 Å². The molecule has 8 nitrogen and oxygen atoms in total. The molecule has 0 radical (unpaired) electrons. The fraction of sp³-hybridized carbons (Fsp3) is 0.150. The minimum absolute atomic E-state index is 0.245. The van der Waals surface area contributed by atoms with Gasteiger partial charge in [-0.25, -0.2) is 4.68 Å². The van der Waals surface area contributed by atoms with Crippen LogP contribution in [-0.2, 0) is 4.79 Å². The molecule has 140 valence electrons. The van der Waals surface area contributed by atoms with Crippen LogP contribution in [0.5, 0.6) is 5.75 Å². The lowest BCUT2D eigenvalue weighted by atomic mass is 10.1. The highest BCUT2D eigenvalue weighted by molar-refractivity contribution is 6.03. The average molecular weight is 374 g/mol. The number of carbonyl (C=O) groups is 1. The molecule has 1 N–H and O–H groups in total. The van der Waals surface area contributed by atoms with Crippen molar-refractivity contribution in [2.45, 2.75) is 20.0 Å². The number of amides is 1. The van der Waals surface area contributed by atoms with Crippen LogP contribution in [0.3, 0.4) is 0 Å². The molecule has 0 saturated carbocycles. The molecule has 2 aromatic carbocycles. The van der Waals surface area contributed by atoms with Crippen LogP contribution in [0.2, 0.25) is 0 Å². The number of aryl methyl sites for hydroxylation is 1. The van der Waals surface area contributed by atoms with Crippen molar-refractivity contribution in [3.63, 3.8) is 0 Å². The van der Waals surface area contributed by atoms with Gasteiger partial charge in [0.25, 0.3) is 5.91 Å². The van der Waals surface area contributed by atoms with Crippen molar-refractivity contribution in [3.05, 3.63) is 66.6 Å². The van der Waals surface area contributed by atoms with Gasteiger partial charge in [0, 0.05) is 11.6 Å². The Hall–Kier alpha value is -3.81. The van der Waals surface area contributed by atoms with Crippen molar-refractivity contribution in [3.8, 4) is 11.4 Å². The lowest BCUT2D eigenvalue weighted by Gasteiger charge is -2.17. The molecule has 1 amide bonds. The fourth-order valence-electron chi connectivity index (χ4n) is 2.84. The molecule has 0 fully saturated rings. The topological polar surface area (TPSA) is 94.8 Å². The van der Waals surface area contributed by atoms with Crippen LogP contribution in [0.4, 0.5) is 5.69 Å². The first kappa shape index (κ1) is 17.6. The molecule has 8 heteroatoms. The van der Waals surface area contributed by atoms with E-state index < -0.39 is 6.10 Å². The number of hydrogen-bond donors (Lipinski definition) is 1. The summed E-state index contributed by atoms with van der Waals surface area (Å²) in [5.74, 6) is 0.332. The maximum Gasteiger partial charge on any atom is 0.265 e. The summed E-state index contributed by atoms with van der Waals surface area (Å²) in [5, 5.41) is 15.0. The van der Waals surface area contributed by atoms with Crippen LogP contribution in [-0.4, -0.2) is 37.2 Å². The zero-order chi connectivity index (χ0) is 19.5. The quantitative estimate of drug-likeness (QED) is 0.577. The zero-order valence-corrected chi connectivity index (χ0v) is 15.4. The lowest BCUT2D eigenvalue weighted by molar-refractivity contribution is -0.122. The molecular weight excluding hydrogens is 356 g/mol. The number of aromatic nitrogens is 5. The van der Waals surface area contributed by atoms with Crippen LogP contribution in [0.15, 0.2) is 61.1 Å². The molecule has 0 aliphatic heterocycles. The highest BCUT2D eigenvalue weighted by Crippen LogP contribution is 2.25. The molecule has 2 aromatic heterocycles. The number of rotatable bonds is 5. The molecule has 0 spiro atoms. The number of pyridine rings is 1. The van der Waals surface area contributed by atoms with E-state index in [1.54, 1.807) is 25.3 Å². The Morgan fingerprint density at radius 1 is 1.14 bits per heavy atom. The van der Waals surface area contributed by atoms with Crippen LogP contribution in [0.1, 0.15) is 12.5 Å². The van der Waals surface area contributed by atoms with Gasteiger partial charge in [0.1, 0.15) is 12.1 Å². The molecule has 0 aliphatic rings. The summed E-state index contributed by atoms with van der Waals surface area (Å²) in [7, 11) is 0. The summed E-state index contributed by atoms with van der Waals surface area (Å²) in [6.45, 7) is 3.64. The van der Waals surface area contributed by atoms with E-state index in [2.05, 4.69) is 25.8 Å². The van der Waals surface area contributed by atoms with E-state index in [1.807, 2.05) is 43.3 Å². The number of carbonyl (C=O) groups excluding carboxylic acids is 1. The third-order valence-electron chi connectivity index (χ3n) is 4.36. The van der Waals surface area contributed by atoms with E-state index >= 15 is 0 Å². The molecule has 1 atom stereocenters. The monoisotopic (exact) mass is 374 g/mol.